The number of anilines is 1. The van der Waals surface area contributed by atoms with Gasteiger partial charge in [-0.3, -0.25) is 0 Å². The largest absolute Gasteiger partial charge is 0.383 e. The Morgan fingerprint density at radius 1 is 1.13 bits per heavy atom. The first-order chi connectivity index (χ1) is 14.4. The molecule has 1 saturated heterocycles. The number of aryl methyl sites for hydroxylation is 2. The lowest BCUT2D eigenvalue weighted by molar-refractivity contribution is 0.423. The van der Waals surface area contributed by atoms with Crippen molar-refractivity contribution >= 4 is 49.2 Å². The molecule has 1 aliphatic heterocycles. The van der Waals surface area contributed by atoms with Crippen molar-refractivity contribution in [3.05, 3.63) is 34.6 Å². The molecule has 1 aliphatic rings. The zero-order valence-electron chi connectivity index (χ0n) is 17.1. The summed E-state index contributed by atoms with van der Waals surface area (Å²) in [5.74, 6) is 1.67. The topological polar surface area (TPSA) is 102 Å². The van der Waals surface area contributed by atoms with Crippen molar-refractivity contribution in [2.75, 3.05) is 18.8 Å². The Labute approximate surface area is 185 Å². The van der Waals surface area contributed by atoms with Crippen molar-refractivity contribution < 1.29 is 8.42 Å². The summed E-state index contributed by atoms with van der Waals surface area (Å²) in [7, 11) is -3.48. The Hall–Kier alpha value is -1.75. The van der Waals surface area contributed by atoms with E-state index in [9.17, 15) is 8.42 Å². The second-order valence-corrected chi connectivity index (χ2v) is 11.6. The lowest BCUT2D eigenvalue weighted by atomic mass is 10.2. The minimum atomic E-state index is -3.48. The number of hydrogen-bond acceptors (Lipinski definition) is 8. The van der Waals surface area contributed by atoms with Gasteiger partial charge in [0.05, 0.1) is 16.2 Å². The number of pyridine rings is 1. The molecule has 1 fully saturated rings. The quantitative estimate of drug-likeness (QED) is 0.567. The van der Waals surface area contributed by atoms with Gasteiger partial charge in [0.2, 0.25) is 10.0 Å². The molecule has 4 heterocycles. The average molecular weight is 464 g/mol. The van der Waals surface area contributed by atoms with Crippen LogP contribution in [-0.2, 0) is 15.8 Å². The molecular weight excluding hydrogens is 438 g/mol. The summed E-state index contributed by atoms with van der Waals surface area (Å²) in [6.07, 6.45) is 5.45. The van der Waals surface area contributed by atoms with Gasteiger partial charge in [0.1, 0.15) is 21.4 Å². The van der Waals surface area contributed by atoms with Crippen LogP contribution in [0.5, 0.6) is 0 Å². The molecule has 0 bridgehead atoms. The van der Waals surface area contributed by atoms with Crippen LogP contribution in [0.2, 0.25) is 0 Å². The Balaban J connectivity index is 1.47. The third kappa shape index (κ3) is 4.32. The highest BCUT2D eigenvalue weighted by atomic mass is 32.2. The lowest BCUT2D eigenvalue weighted by Gasteiger charge is -2.19. The molecule has 0 amide bonds. The summed E-state index contributed by atoms with van der Waals surface area (Å²) in [5, 5.41) is 1.66. The van der Waals surface area contributed by atoms with Gasteiger partial charge in [-0.05, 0) is 44.4 Å². The molecule has 3 aromatic rings. The Kier molecular flexibility index (Phi) is 6.29. The third-order valence-corrected chi connectivity index (χ3v) is 9.29. The van der Waals surface area contributed by atoms with E-state index in [4.69, 9.17) is 5.73 Å². The molecular formula is C20H25N5O2S3. The van der Waals surface area contributed by atoms with Gasteiger partial charge in [0.15, 0.2) is 0 Å². The van der Waals surface area contributed by atoms with Crippen LogP contribution in [0.3, 0.4) is 0 Å². The summed E-state index contributed by atoms with van der Waals surface area (Å²) in [6, 6.07) is 3.39. The number of fused-ring (bicyclic) bond motifs is 1. The van der Waals surface area contributed by atoms with Crippen LogP contribution in [0.1, 0.15) is 41.9 Å². The monoisotopic (exact) mass is 463 g/mol. The maximum atomic E-state index is 12.9. The van der Waals surface area contributed by atoms with E-state index in [-0.39, 0.29) is 4.90 Å². The maximum absolute atomic E-state index is 12.9. The first-order valence-corrected chi connectivity index (χ1v) is 13.2. The molecule has 0 aliphatic carbocycles. The number of hydrogen-bond donors (Lipinski definition) is 1. The van der Waals surface area contributed by atoms with Crippen LogP contribution in [-0.4, -0.2) is 40.8 Å². The molecule has 3 aromatic heterocycles. The maximum Gasteiger partial charge on any atom is 0.244 e. The highest BCUT2D eigenvalue weighted by Gasteiger charge is 2.25. The van der Waals surface area contributed by atoms with Gasteiger partial charge in [0, 0.05) is 24.2 Å². The van der Waals surface area contributed by atoms with E-state index in [0.29, 0.717) is 30.5 Å². The normalized spacial score (nSPS) is 16.1. The zero-order valence-corrected chi connectivity index (χ0v) is 19.5. The Morgan fingerprint density at radius 3 is 2.53 bits per heavy atom. The number of nitrogen functional groups attached to an aromatic ring is 1. The van der Waals surface area contributed by atoms with Crippen molar-refractivity contribution in [1.29, 1.82) is 0 Å². The first-order valence-electron chi connectivity index (χ1n) is 9.97. The molecule has 0 unspecified atom stereocenters. The summed E-state index contributed by atoms with van der Waals surface area (Å²) in [4.78, 5) is 15.8. The summed E-state index contributed by atoms with van der Waals surface area (Å²) in [6.45, 7) is 5.26. The predicted octanol–water partition coefficient (Wildman–Crippen LogP) is 4.14. The van der Waals surface area contributed by atoms with Crippen LogP contribution < -0.4 is 5.73 Å². The fraction of sp³-hybridized carbons (Fsp3) is 0.450. The second kappa shape index (κ2) is 8.78. The molecule has 0 atom stereocenters. The second-order valence-electron chi connectivity index (χ2n) is 7.43. The fourth-order valence-electron chi connectivity index (χ4n) is 3.57. The Morgan fingerprint density at radius 2 is 1.87 bits per heavy atom. The van der Waals surface area contributed by atoms with Crippen molar-refractivity contribution in [3.63, 3.8) is 0 Å². The number of thiophene rings is 1. The summed E-state index contributed by atoms with van der Waals surface area (Å²) < 4.78 is 27.3. The molecule has 4 rings (SSSR count). The molecule has 0 aromatic carbocycles. The number of rotatable bonds is 5. The van der Waals surface area contributed by atoms with E-state index in [1.807, 2.05) is 6.92 Å². The van der Waals surface area contributed by atoms with E-state index in [2.05, 4.69) is 21.9 Å². The molecule has 0 spiro atoms. The van der Waals surface area contributed by atoms with Gasteiger partial charge >= 0.3 is 0 Å². The molecule has 160 valence electrons. The summed E-state index contributed by atoms with van der Waals surface area (Å²) >= 11 is 3.09. The van der Waals surface area contributed by atoms with Crippen LogP contribution in [0.25, 0.3) is 10.2 Å². The van der Waals surface area contributed by atoms with E-state index in [1.165, 1.54) is 22.8 Å². The Bertz CT molecular complexity index is 1150. The van der Waals surface area contributed by atoms with Crippen molar-refractivity contribution in [2.45, 2.75) is 55.2 Å². The molecule has 0 saturated carbocycles. The van der Waals surface area contributed by atoms with Crippen molar-refractivity contribution in [2.24, 2.45) is 0 Å². The zero-order chi connectivity index (χ0) is 21.3. The fourth-order valence-corrected chi connectivity index (χ4v) is 6.78. The third-order valence-electron chi connectivity index (χ3n) is 5.36. The minimum absolute atomic E-state index is 0.250. The highest BCUT2D eigenvalue weighted by molar-refractivity contribution is 7.98. The average Bonchev–Trinajstić information content (AvgIpc) is 2.91. The van der Waals surface area contributed by atoms with Gasteiger partial charge in [-0.1, -0.05) is 24.6 Å². The van der Waals surface area contributed by atoms with E-state index < -0.39 is 10.0 Å². The number of nitrogens with zero attached hydrogens (tertiary/aromatic N) is 4. The van der Waals surface area contributed by atoms with E-state index in [1.54, 1.807) is 27.8 Å². The van der Waals surface area contributed by atoms with E-state index >= 15 is 0 Å². The highest BCUT2D eigenvalue weighted by Crippen LogP contribution is 2.33. The van der Waals surface area contributed by atoms with Crippen LogP contribution in [0, 0.1) is 13.8 Å². The standard InChI is InChI=1S/C20H25N5O2S3/c1-13-14(2)29-20-18(13)19(21)23-16(24-20)12-28-17-8-7-15(11-22-17)30(26,27)25-9-5-3-4-6-10-25/h7-8,11H,3-6,9-10,12H2,1-2H3,(H2,21,23,24). The number of nitrogens with two attached hydrogens (primary N) is 1. The van der Waals surface area contributed by atoms with Gasteiger partial charge in [0.25, 0.3) is 0 Å². The van der Waals surface area contributed by atoms with Gasteiger partial charge < -0.3 is 5.73 Å². The van der Waals surface area contributed by atoms with Crippen LogP contribution in [0.4, 0.5) is 5.82 Å². The van der Waals surface area contributed by atoms with Crippen LogP contribution in [0.15, 0.2) is 28.3 Å². The molecule has 30 heavy (non-hydrogen) atoms. The molecule has 2 N–H and O–H groups in total. The number of aromatic nitrogens is 3. The minimum Gasteiger partial charge on any atom is -0.383 e. The smallest absolute Gasteiger partial charge is 0.244 e. The SMILES string of the molecule is Cc1sc2nc(CSc3ccc(S(=O)(=O)N4CCCCCC4)cn3)nc(N)c2c1C. The van der Waals surface area contributed by atoms with E-state index in [0.717, 1.165) is 46.5 Å². The van der Waals surface area contributed by atoms with Crippen molar-refractivity contribution in [3.8, 4) is 0 Å². The number of sulfonamides is 1. The van der Waals surface area contributed by atoms with Crippen LogP contribution >= 0.6 is 23.1 Å². The first kappa shape index (κ1) is 21.5. The van der Waals surface area contributed by atoms with Gasteiger partial charge in [-0.25, -0.2) is 23.4 Å². The predicted molar refractivity (Wildman–Crippen MR) is 122 cm³/mol. The molecule has 0 radical (unpaired) electrons. The van der Waals surface area contributed by atoms with Crippen molar-refractivity contribution in [1.82, 2.24) is 19.3 Å². The van der Waals surface area contributed by atoms with Gasteiger partial charge in [-0.2, -0.15) is 4.31 Å². The van der Waals surface area contributed by atoms with Gasteiger partial charge in [-0.15, -0.1) is 11.3 Å². The summed E-state index contributed by atoms with van der Waals surface area (Å²) in [5.41, 5.74) is 7.28. The molecule has 10 heteroatoms. The molecule has 7 nitrogen and oxygen atoms in total. The lowest BCUT2D eigenvalue weighted by Crippen LogP contribution is -2.32. The number of thioether (sulfide) groups is 1.